The molecule has 21 heavy (non-hydrogen) atoms. The van der Waals surface area contributed by atoms with Crippen LogP contribution >= 0.6 is 15.9 Å². The maximum absolute atomic E-state index is 12.2. The summed E-state index contributed by atoms with van der Waals surface area (Å²) in [5.41, 5.74) is 0. The van der Waals surface area contributed by atoms with E-state index in [-0.39, 0.29) is 22.2 Å². The van der Waals surface area contributed by atoms with Gasteiger partial charge in [-0.1, -0.05) is 0 Å². The third-order valence-electron chi connectivity index (χ3n) is 2.98. The van der Waals surface area contributed by atoms with E-state index in [9.17, 15) is 8.42 Å². The van der Waals surface area contributed by atoms with E-state index in [0.717, 1.165) is 0 Å². The molecule has 0 unspecified atom stereocenters. The molecule has 2 rings (SSSR count). The van der Waals surface area contributed by atoms with Crippen molar-refractivity contribution in [1.82, 2.24) is 10.0 Å². The molecule has 0 radical (unpaired) electrons. The third kappa shape index (κ3) is 5.37. The molecule has 0 bridgehead atoms. The van der Waals surface area contributed by atoms with E-state index in [4.69, 9.17) is 9.15 Å². The lowest BCUT2D eigenvalue weighted by Gasteiger charge is -2.08. The van der Waals surface area contributed by atoms with Crippen molar-refractivity contribution in [1.29, 1.82) is 0 Å². The first-order chi connectivity index (χ1) is 9.88. The van der Waals surface area contributed by atoms with Gasteiger partial charge in [0, 0.05) is 18.7 Å². The van der Waals surface area contributed by atoms with Gasteiger partial charge in [0.25, 0.3) is 0 Å². The Labute approximate surface area is 133 Å². The number of furan rings is 1. The number of ether oxygens (including phenoxy) is 1. The fourth-order valence-electron chi connectivity index (χ4n) is 1.75. The zero-order valence-corrected chi connectivity index (χ0v) is 14.6. The lowest BCUT2D eigenvalue weighted by Crippen LogP contribution is -2.28. The van der Waals surface area contributed by atoms with Gasteiger partial charge in [0.2, 0.25) is 10.0 Å². The Bertz CT molecular complexity index is 567. The van der Waals surface area contributed by atoms with E-state index in [2.05, 4.69) is 26.0 Å². The molecule has 0 amide bonds. The SMILES string of the molecule is CC(C)OCCNS(=O)(=O)c1cc(CNC2CC2)oc1Br. The van der Waals surface area contributed by atoms with Gasteiger partial charge in [-0.05, 0) is 42.6 Å². The van der Waals surface area contributed by atoms with Crippen LogP contribution in [0.2, 0.25) is 0 Å². The molecule has 120 valence electrons. The second-order valence-corrected chi connectivity index (χ2v) is 7.78. The zero-order chi connectivity index (χ0) is 15.5. The highest BCUT2D eigenvalue weighted by molar-refractivity contribution is 9.10. The van der Waals surface area contributed by atoms with Gasteiger partial charge in [0.15, 0.2) is 4.67 Å². The first-order valence-electron chi connectivity index (χ1n) is 7.01. The van der Waals surface area contributed by atoms with Gasteiger partial charge in [-0.3, -0.25) is 0 Å². The molecule has 8 heteroatoms. The molecule has 0 saturated heterocycles. The van der Waals surface area contributed by atoms with Gasteiger partial charge >= 0.3 is 0 Å². The quantitative estimate of drug-likeness (QED) is 0.640. The minimum atomic E-state index is -3.59. The fourth-order valence-corrected chi connectivity index (χ4v) is 3.76. The van der Waals surface area contributed by atoms with Crippen LogP contribution in [0.3, 0.4) is 0 Å². The Morgan fingerprint density at radius 3 is 2.81 bits per heavy atom. The summed E-state index contributed by atoms with van der Waals surface area (Å²) in [6.45, 7) is 4.91. The maximum Gasteiger partial charge on any atom is 0.245 e. The number of sulfonamides is 1. The molecular formula is C13H21BrN2O4S. The lowest BCUT2D eigenvalue weighted by atomic mass is 10.4. The maximum atomic E-state index is 12.2. The van der Waals surface area contributed by atoms with Crippen molar-refractivity contribution < 1.29 is 17.6 Å². The highest BCUT2D eigenvalue weighted by Gasteiger charge is 2.24. The monoisotopic (exact) mass is 380 g/mol. The third-order valence-corrected chi connectivity index (χ3v) is 5.30. The summed E-state index contributed by atoms with van der Waals surface area (Å²) in [6, 6.07) is 2.09. The Hall–Kier alpha value is -0.410. The summed E-state index contributed by atoms with van der Waals surface area (Å²) in [5, 5.41) is 3.28. The highest BCUT2D eigenvalue weighted by Crippen LogP contribution is 2.27. The molecular weight excluding hydrogens is 360 g/mol. The van der Waals surface area contributed by atoms with Gasteiger partial charge in [-0.15, -0.1) is 0 Å². The van der Waals surface area contributed by atoms with E-state index >= 15 is 0 Å². The fraction of sp³-hybridized carbons (Fsp3) is 0.692. The second kappa shape index (κ2) is 7.23. The number of rotatable bonds is 9. The molecule has 6 nitrogen and oxygen atoms in total. The average Bonchev–Trinajstić information content (AvgIpc) is 3.14. The van der Waals surface area contributed by atoms with Crippen LogP contribution in [-0.4, -0.2) is 33.7 Å². The number of hydrogen-bond acceptors (Lipinski definition) is 5. The number of hydrogen-bond donors (Lipinski definition) is 2. The van der Waals surface area contributed by atoms with Crippen molar-refractivity contribution >= 4 is 26.0 Å². The molecule has 2 N–H and O–H groups in total. The molecule has 1 aliphatic rings. The summed E-state index contributed by atoms with van der Waals surface area (Å²) in [5.74, 6) is 0.604. The van der Waals surface area contributed by atoms with Gasteiger partial charge in [0.05, 0.1) is 19.3 Å². The molecule has 1 heterocycles. The highest BCUT2D eigenvalue weighted by atomic mass is 79.9. The van der Waals surface area contributed by atoms with Crippen LogP contribution < -0.4 is 10.0 Å². The van der Waals surface area contributed by atoms with Gasteiger partial charge in [-0.2, -0.15) is 0 Å². The zero-order valence-electron chi connectivity index (χ0n) is 12.2. The van der Waals surface area contributed by atoms with Crippen molar-refractivity contribution in [2.75, 3.05) is 13.2 Å². The molecule has 1 fully saturated rings. The largest absolute Gasteiger partial charge is 0.452 e. The summed E-state index contributed by atoms with van der Waals surface area (Å²) in [7, 11) is -3.59. The van der Waals surface area contributed by atoms with Gasteiger partial charge in [-0.25, -0.2) is 13.1 Å². The normalized spacial score (nSPS) is 15.8. The van der Waals surface area contributed by atoms with E-state index in [1.807, 2.05) is 13.8 Å². The summed E-state index contributed by atoms with van der Waals surface area (Å²) >= 11 is 3.16. The molecule has 1 aromatic rings. The minimum Gasteiger partial charge on any atom is -0.452 e. The van der Waals surface area contributed by atoms with Crippen molar-refractivity contribution in [2.24, 2.45) is 0 Å². The first-order valence-corrected chi connectivity index (χ1v) is 9.29. The molecule has 1 aliphatic carbocycles. The Morgan fingerprint density at radius 1 is 1.48 bits per heavy atom. The molecule has 0 atom stereocenters. The molecule has 1 aromatic heterocycles. The predicted molar refractivity (Wildman–Crippen MR) is 82.5 cm³/mol. The Kier molecular flexibility index (Phi) is 5.84. The average molecular weight is 381 g/mol. The first kappa shape index (κ1) is 17.0. The van der Waals surface area contributed by atoms with E-state index < -0.39 is 10.0 Å². The minimum absolute atomic E-state index is 0.0790. The molecule has 0 aromatic carbocycles. The van der Waals surface area contributed by atoms with Crippen molar-refractivity contribution in [3.63, 3.8) is 0 Å². The van der Waals surface area contributed by atoms with Crippen LogP contribution in [0.5, 0.6) is 0 Å². The Morgan fingerprint density at radius 2 is 2.19 bits per heavy atom. The van der Waals surface area contributed by atoms with Crippen LogP contribution in [0, 0.1) is 0 Å². The van der Waals surface area contributed by atoms with Gasteiger partial charge in [0.1, 0.15) is 10.7 Å². The van der Waals surface area contributed by atoms with Crippen molar-refractivity contribution in [3.05, 3.63) is 16.5 Å². The van der Waals surface area contributed by atoms with Crippen LogP contribution in [-0.2, 0) is 21.3 Å². The van der Waals surface area contributed by atoms with Crippen LogP contribution in [0.25, 0.3) is 0 Å². The van der Waals surface area contributed by atoms with Gasteiger partial charge < -0.3 is 14.5 Å². The smallest absolute Gasteiger partial charge is 0.245 e. The van der Waals surface area contributed by atoms with Crippen LogP contribution in [0.1, 0.15) is 32.4 Å². The second-order valence-electron chi connectivity index (χ2n) is 5.32. The molecule has 0 spiro atoms. The number of halogens is 1. The van der Waals surface area contributed by atoms with Crippen LogP contribution in [0.4, 0.5) is 0 Å². The van der Waals surface area contributed by atoms with Crippen LogP contribution in [0.15, 0.2) is 20.0 Å². The van der Waals surface area contributed by atoms with E-state index in [1.54, 1.807) is 6.07 Å². The summed E-state index contributed by atoms with van der Waals surface area (Å²) in [4.78, 5) is 0.125. The van der Waals surface area contributed by atoms with E-state index in [1.165, 1.54) is 12.8 Å². The Balaban J connectivity index is 1.91. The van der Waals surface area contributed by atoms with Crippen molar-refractivity contribution in [3.8, 4) is 0 Å². The summed E-state index contributed by atoms with van der Waals surface area (Å²) < 4.78 is 37.8. The lowest BCUT2D eigenvalue weighted by molar-refractivity contribution is 0.0834. The topological polar surface area (TPSA) is 80.6 Å². The standard InChI is InChI=1S/C13H21BrN2O4S/c1-9(2)19-6-5-16-21(17,18)12-7-11(20-13(12)14)8-15-10-3-4-10/h7,9-10,15-16H,3-6,8H2,1-2H3. The van der Waals surface area contributed by atoms with E-state index in [0.29, 0.717) is 25.0 Å². The van der Waals surface area contributed by atoms with Crippen molar-refractivity contribution in [2.45, 2.75) is 50.3 Å². The summed E-state index contributed by atoms with van der Waals surface area (Å²) in [6.07, 6.45) is 2.42. The predicted octanol–water partition coefficient (Wildman–Crippen LogP) is 2.00. The number of nitrogens with one attached hydrogen (secondary N) is 2. The molecule has 0 aliphatic heterocycles. The molecule has 1 saturated carbocycles.